The van der Waals surface area contributed by atoms with E-state index in [4.69, 9.17) is 9.05 Å². The van der Waals surface area contributed by atoms with Gasteiger partial charge in [0.2, 0.25) is 0 Å². The highest BCUT2D eigenvalue weighted by atomic mass is 31.1. The smallest absolute Gasteiger partial charge is 0.306 e. The van der Waals surface area contributed by atoms with E-state index in [1.165, 1.54) is 24.3 Å². The second-order valence-corrected chi connectivity index (χ2v) is 6.29. The van der Waals surface area contributed by atoms with Gasteiger partial charge < -0.3 is 9.05 Å². The largest absolute Gasteiger partial charge is 0.416 e. The summed E-state index contributed by atoms with van der Waals surface area (Å²) in [4.78, 5) is 0. The van der Waals surface area contributed by atoms with Crippen molar-refractivity contribution in [3.05, 3.63) is 70.8 Å². The minimum atomic E-state index is -4.45. The summed E-state index contributed by atoms with van der Waals surface area (Å²) in [7, 11) is -2.96. The van der Waals surface area contributed by atoms with Gasteiger partial charge in [-0.1, -0.05) is 24.3 Å². The third-order valence-electron chi connectivity index (χ3n) is 3.28. The van der Waals surface area contributed by atoms with Crippen molar-refractivity contribution < 1.29 is 40.0 Å². The van der Waals surface area contributed by atoms with E-state index < -0.39 is 31.7 Å². The molecular weight excluding hydrogens is 385 g/mol. The average molecular weight is 398 g/mol. The Kier molecular flexibility index (Phi) is 6.49. The topological polar surface area (TPSA) is 35.5 Å². The first-order valence-corrected chi connectivity index (χ1v) is 8.40. The third kappa shape index (κ3) is 6.16. The van der Waals surface area contributed by atoms with Crippen LogP contribution in [0, 0.1) is 0 Å². The summed E-state index contributed by atoms with van der Waals surface area (Å²) >= 11 is 0. The van der Waals surface area contributed by atoms with Crippen LogP contribution in [-0.2, 0) is 39.2 Å². The molecule has 0 heterocycles. The van der Waals surface area contributed by atoms with E-state index in [9.17, 15) is 30.9 Å². The zero-order chi connectivity index (χ0) is 19.4. The summed E-state index contributed by atoms with van der Waals surface area (Å²) in [5.74, 6) is 0. The fourth-order valence-corrected chi connectivity index (χ4v) is 2.56. The van der Waals surface area contributed by atoms with Gasteiger partial charge in [0, 0.05) is 0 Å². The van der Waals surface area contributed by atoms with Crippen LogP contribution >= 0.6 is 8.25 Å². The summed E-state index contributed by atoms with van der Waals surface area (Å²) in [6.45, 7) is -0.439. The lowest BCUT2D eigenvalue weighted by atomic mass is 10.1. The van der Waals surface area contributed by atoms with Gasteiger partial charge in [-0.15, -0.1) is 0 Å². The molecule has 2 rings (SSSR count). The summed E-state index contributed by atoms with van der Waals surface area (Å²) in [5, 5.41) is 0. The Morgan fingerprint density at radius 2 is 0.962 bits per heavy atom. The quantitative estimate of drug-likeness (QED) is 0.453. The fourth-order valence-electron chi connectivity index (χ4n) is 1.91. The van der Waals surface area contributed by atoms with Crippen molar-refractivity contribution in [1.82, 2.24) is 0 Å². The van der Waals surface area contributed by atoms with Gasteiger partial charge in [0.1, 0.15) is 0 Å². The highest BCUT2D eigenvalue weighted by Crippen LogP contribution is 2.32. The molecule has 0 amide bonds. The first-order chi connectivity index (χ1) is 12.1. The number of halogens is 6. The van der Waals surface area contributed by atoms with Crippen molar-refractivity contribution in [3.8, 4) is 0 Å². The van der Waals surface area contributed by atoms with Crippen molar-refractivity contribution in [2.45, 2.75) is 25.6 Å². The number of rotatable bonds is 6. The predicted molar refractivity (Wildman–Crippen MR) is 81.5 cm³/mol. The fraction of sp³-hybridized carbons (Fsp3) is 0.250. The maximum Gasteiger partial charge on any atom is 0.416 e. The number of hydrogen-bond donors (Lipinski definition) is 0. The van der Waals surface area contributed by atoms with Crippen molar-refractivity contribution in [2.75, 3.05) is 0 Å². The Bertz CT molecular complexity index is 675. The molecule has 0 aromatic heterocycles. The highest BCUT2D eigenvalue weighted by molar-refractivity contribution is 7.33. The lowest BCUT2D eigenvalue weighted by Crippen LogP contribution is -2.04. The zero-order valence-corrected chi connectivity index (χ0v) is 14.0. The molecule has 0 aliphatic rings. The second-order valence-electron chi connectivity index (χ2n) is 5.22. The SMILES string of the molecule is O=[PH](OCc1ccc(C(F)(F)F)cc1)OCc1ccc(C(F)(F)F)cc1. The Labute approximate surface area is 145 Å². The van der Waals surface area contributed by atoms with Crippen molar-refractivity contribution in [3.63, 3.8) is 0 Å². The average Bonchev–Trinajstić information content (AvgIpc) is 2.57. The maximum absolute atomic E-state index is 12.4. The van der Waals surface area contributed by atoms with Crippen molar-refractivity contribution >= 4 is 8.25 Å². The molecule has 0 saturated carbocycles. The van der Waals surface area contributed by atoms with Gasteiger partial charge in [-0.05, 0) is 35.4 Å². The van der Waals surface area contributed by atoms with E-state index >= 15 is 0 Å². The molecule has 0 N–H and O–H groups in total. The van der Waals surface area contributed by atoms with Crippen LogP contribution in [0.5, 0.6) is 0 Å². The molecule has 2 aromatic carbocycles. The molecule has 0 atom stereocenters. The van der Waals surface area contributed by atoms with Gasteiger partial charge in [0.15, 0.2) is 0 Å². The molecule has 0 aliphatic carbocycles. The van der Waals surface area contributed by atoms with Gasteiger partial charge in [0.05, 0.1) is 24.3 Å². The zero-order valence-electron chi connectivity index (χ0n) is 13.0. The van der Waals surface area contributed by atoms with Crippen molar-refractivity contribution in [1.29, 1.82) is 0 Å². The molecule has 10 heteroatoms. The van der Waals surface area contributed by atoms with E-state index in [2.05, 4.69) is 0 Å². The van der Waals surface area contributed by atoms with Crippen LogP contribution in [0.3, 0.4) is 0 Å². The molecular formula is C16H13F6O3P. The lowest BCUT2D eigenvalue weighted by molar-refractivity contribution is -0.138. The Morgan fingerprint density at radius 3 is 1.23 bits per heavy atom. The van der Waals surface area contributed by atoms with E-state index in [1.54, 1.807) is 0 Å². The van der Waals surface area contributed by atoms with Crippen LogP contribution in [0.15, 0.2) is 48.5 Å². The summed E-state index contributed by atoms with van der Waals surface area (Å²) in [6, 6.07) is 8.25. The van der Waals surface area contributed by atoms with Crippen LogP contribution in [0.2, 0.25) is 0 Å². The molecule has 0 spiro atoms. The van der Waals surface area contributed by atoms with Crippen LogP contribution in [0.1, 0.15) is 22.3 Å². The van der Waals surface area contributed by atoms with E-state index in [0.29, 0.717) is 11.1 Å². The molecule has 3 nitrogen and oxygen atoms in total. The summed E-state index contributed by atoms with van der Waals surface area (Å²) in [6.07, 6.45) is -8.89. The maximum atomic E-state index is 12.4. The molecule has 0 bridgehead atoms. The summed E-state index contributed by atoms with van der Waals surface area (Å²) in [5.41, 5.74) is -0.885. The Morgan fingerprint density at radius 1 is 0.654 bits per heavy atom. The third-order valence-corrected chi connectivity index (χ3v) is 4.04. The van der Waals surface area contributed by atoms with Gasteiger partial charge in [-0.3, -0.25) is 4.57 Å². The normalized spacial score (nSPS) is 12.6. The van der Waals surface area contributed by atoms with Gasteiger partial charge in [0.25, 0.3) is 0 Å². The Balaban J connectivity index is 1.80. The molecule has 0 saturated heterocycles. The lowest BCUT2D eigenvalue weighted by Gasteiger charge is -2.09. The number of benzene rings is 2. The molecule has 0 aliphatic heterocycles. The number of alkyl halides is 6. The Hall–Kier alpha value is -1.83. The van der Waals surface area contributed by atoms with E-state index in [0.717, 1.165) is 24.3 Å². The minimum absolute atomic E-state index is 0.219. The summed E-state index contributed by atoms with van der Waals surface area (Å²) < 4.78 is 96.0. The van der Waals surface area contributed by atoms with Crippen LogP contribution in [0.4, 0.5) is 26.3 Å². The van der Waals surface area contributed by atoms with Gasteiger partial charge in [-0.25, -0.2) is 0 Å². The second kappa shape index (κ2) is 8.24. The monoisotopic (exact) mass is 398 g/mol. The van der Waals surface area contributed by atoms with Gasteiger partial charge in [-0.2, -0.15) is 26.3 Å². The van der Waals surface area contributed by atoms with E-state index in [-0.39, 0.29) is 13.2 Å². The minimum Gasteiger partial charge on any atom is -0.306 e. The number of hydrogen-bond acceptors (Lipinski definition) is 3. The van der Waals surface area contributed by atoms with Gasteiger partial charge >= 0.3 is 20.6 Å². The predicted octanol–water partition coefficient (Wildman–Crippen LogP) is 5.85. The van der Waals surface area contributed by atoms with Crippen LogP contribution in [0.25, 0.3) is 0 Å². The molecule has 0 radical (unpaired) electrons. The molecule has 142 valence electrons. The standard InChI is InChI=1S/C16H13F6O3P/c17-15(18,19)13-5-1-11(2-6-13)9-24-26(23)25-10-12-3-7-14(8-4-12)16(20,21)22/h1-8,26H,9-10H2. The van der Waals surface area contributed by atoms with Crippen LogP contribution in [-0.4, -0.2) is 0 Å². The first kappa shape index (κ1) is 20.5. The van der Waals surface area contributed by atoms with Crippen molar-refractivity contribution in [2.24, 2.45) is 0 Å². The molecule has 26 heavy (non-hydrogen) atoms. The molecule has 0 unspecified atom stereocenters. The molecule has 0 fully saturated rings. The highest BCUT2D eigenvalue weighted by Gasteiger charge is 2.30. The first-order valence-electron chi connectivity index (χ1n) is 7.17. The van der Waals surface area contributed by atoms with E-state index in [1.807, 2.05) is 0 Å². The van der Waals surface area contributed by atoms with Crippen LogP contribution < -0.4 is 0 Å². The molecule has 2 aromatic rings.